The Labute approximate surface area is 121 Å². The Kier molecular flexibility index (Phi) is 4.39. The third-order valence-corrected chi connectivity index (χ3v) is 3.28. The summed E-state index contributed by atoms with van der Waals surface area (Å²) >= 11 is 0. The molecule has 2 aromatic carbocycles. The first kappa shape index (κ1) is 14.8. The standard InChI is InChI=1S/C15H16N2O4/c1-10(15-13(18)7-4-8-14(15)19)16-9-11-5-2-3-6-12(11)17(20)21/h2-8,10,16,18-19H,9H2,1H3. The Morgan fingerprint density at radius 2 is 1.76 bits per heavy atom. The predicted molar refractivity (Wildman–Crippen MR) is 78.1 cm³/mol. The molecule has 0 saturated heterocycles. The van der Waals surface area contributed by atoms with Gasteiger partial charge in [0.25, 0.3) is 5.69 Å². The molecule has 0 bridgehead atoms. The number of hydrogen-bond donors (Lipinski definition) is 3. The van der Waals surface area contributed by atoms with Crippen molar-refractivity contribution in [3.8, 4) is 11.5 Å². The van der Waals surface area contributed by atoms with Crippen LogP contribution in [0.3, 0.4) is 0 Å². The molecule has 0 aliphatic carbocycles. The van der Waals surface area contributed by atoms with Crippen LogP contribution in [0.2, 0.25) is 0 Å². The summed E-state index contributed by atoms with van der Waals surface area (Å²) in [7, 11) is 0. The summed E-state index contributed by atoms with van der Waals surface area (Å²) in [6.45, 7) is 2.02. The summed E-state index contributed by atoms with van der Waals surface area (Å²) in [5.74, 6) is -0.0323. The van der Waals surface area contributed by atoms with E-state index in [-0.39, 0.29) is 29.8 Å². The monoisotopic (exact) mass is 288 g/mol. The van der Waals surface area contributed by atoms with Crippen LogP contribution < -0.4 is 5.32 Å². The van der Waals surface area contributed by atoms with Crippen LogP contribution in [0.25, 0.3) is 0 Å². The van der Waals surface area contributed by atoms with Gasteiger partial charge in [0.15, 0.2) is 0 Å². The molecule has 0 fully saturated rings. The number of hydrogen-bond acceptors (Lipinski definition) is 5. The van der Waals surface area contributed by atoms with Gasteiger partial charge in [-0.1, -0.05) is 24.3 Å². The summed E-state index contributed by atoms with van der Waals surface area (Å²) in [5.41, 5.74) is 0.957. The molecule has 0 spiro atoms. The Morgan fingerprint density at radius 1 is 1.14 bits per heavy atom. The Hall–Kier alpha value is -2.60. The molecular weight excluding hydrogens is 272 g/mol. The molecule has 6 heteroatoms. The summed E-state index contributed by atoms with van der Waals surface area (Å²) < 4.78 is 0. The fourth-order valence-electron chi connectivity index (χ4n) is 2.19. The van der Waals surface area contributed by atoms with Crippen LogP contribution in [0.15, 0.2) is 42.5 Å². The topological polar surface area (TPSA) is 95.6 Å². The average molecular weight is 288 g/mol. The van der Waals surface area contributed by atoms with Gasteiger partial charge in [0, 0.05) is 24.2 Å². The van der Waals surface area contributed by atoms with Crippen molar-refractivity contribution in [2.75, 3.05) is 0 Å². The SMILES string of the molecule is CC(NCc1ccccc1[N+](=O)[O-])c1c(O)cccc1O. The maximum atomic E-state index is 10.9. The van der Waals surface area contributed by atoms with E-state index in [1.54, 1.807) is 31.2 Å². The van der Waals surface area contributed by atoms with E-state index < -0.39 is 4.92 Å². The van der Waals surface area contributed by atoms with E-state index >= 15 is 0 Å². The van der Waals surface area contributed by atoms with Gasteiger partial charge in [-0.3, -0.25) is 10.1 Å². The Bertz CT molecular complexity index is 638. The number of benzene rings is 2. The first-order chi connectivity index (χ1) is 10.0. The number of aromatic hydroxyl groups is 2. The van der Waals surface area contributed by atoms with Gasteiger partial charge in [0.2, 0.25) is 0 Å². The lowest BCUT2D eigenvalue weighted by atomic mass is 10.1. The van der Waals surface area contributed by atoms with Crippen molar-refractivity contribution in [1.82, 2.24) is 5.32 Å². The van der Waals surface area contributed by atoms with Crippen molar-refractivity contribution in [1.29, 1.82) is 0 Å². The second kappa shape index (κ2) is 6.23. The zero-order valence-corrected chi connectivity index (χ0v) is 11.5. The summed E-state index contributed by atoms with van der Waals surface area (Å²) in [5, 5.41) is 33.6. The van der Waals surface area contributed by atoms with E-state index in [4.69, 9.17) is 0 Å². The highest BCUT2D eigenvalue weighted by Gasteiger charge is 2.17. The van der Waals surface area contributed by atoms with Gasteiger partial charge in [-0.15, -0.1) is 0 Å². The summed E-state index contributed by atoms with van der Waals surface area (Å²) in [6, 6.07) is 10.6. The fraction of sp³-hybridized carbons (Fsp3) is 0.200. The van der Waals surface area contributed by atoms with Gasteiger partial charge >= 0.3 is 0 Å². The number of para-hydroxylation sites is 1. The molecule has 6 nitrogen and oxygen atoms in total. The summed E-state index contributed by atoms with van der Waals surface area (Å²) in [6.07, 6.45) is 0. The van der Waals surface area contributed by atoms with E-state index in [1.807, 2.05) is 0 Å². The maximum absolute atomic E-state index is 10.9. The highest BCUT2D eigenvalue weighted by Crippen LogP contribution is 2.32. The second-order valence-corrected chi connectivity index (χ2v) is 4.70. The molecule has 2 aromatic rings. The first-order valence-corrected chi connectivity index (χ1v) is 6.47. The number of rotatable bonds is 5. The van der Waals surface area contributed by atoms with E-state index in [0.717, 1.165) is 0 Å². The average Bonchev–Trinajstić information content (AvgIpc) is 2.45. The molecule has 1 atom stereocenters. The third kappa shape index (κ3) is 3.29. The van der Waals surface area contributed by atoms with Crippen molar-refractivity contribution < 1.29 is 15.1 Å². The molecule has 110 valence electrons. The van der Waals surface area contributed by atoms with Gasteiger partial charge in [-0.2, -0.15) is 0 Å². The van der Waals surface area contributed by atoms with E-state index in [2.05, 4.69) is 5.32 Å². The normalized spacial score (nSPS) is 12.0. The zero-order chi connectivity index (χ0) is 15.4. The minimum Gasteiger partial charge on any atom is -0.507 e. The van der Waals surface area contributed by atoms with Crippen molar-refractivity contribution in [3.05, 3.63) is 63.7 Å². The van der Waals surface area contributed by atoms with E-state index in [1.165, 1.54) is 18.2 Å². The molecule has 0 aliphatic heterocycles. The predicted octanol–water partition coefficient (Wildman–Crippen LogP) is 2.86. The van der Waals surface area contributed by atoms with Crippen LogP contribution in [-0.4, -0.2) is 15.1 Å². The van der Waals surface area contributed by atoms with Gasteiger partial charge in [-0.05, 0) is 19.1 Å². The highest BCUT2D eigenvalue weighted by molar-refractivity contribution is 5.45. The molecule has 0 radical (unpaired) electrons. The van der Waals surface area contributed by atoms with Crippen molar-refractivity contribution in [2.45, 2.75) is 19.5 Å². The first-order valence-electron chi connectivity index (χ1n) is 6.47. The number of phenolic OH excluding ortho intramolecular Hbond substituents is 2. The number of nitrogens with zero attached hydrogens (tertiary/aromatic N) is 1. The van der Waals surface area contributed by atoms with Crippen molar-refractivity contribution >= 4 is 5.69 Å². The van der Waals surface area contributed by atoms with Crippen LogP contribution in [0.1, 0.15) is 24.1 Å². The summed E-state index contributed by atoms with van der Waals surface area (Å²) in [4.78, 5) is 10.5. The van der Waals surface area contributed by atoms with Crippen molar-refractivity contribution in [3.63, 3.8) is 0 Å². The number of nitro benzene ring substituents is 1. The number of nitrogens with one attached hydrogen (secondary N) is 1. The minimum absolute atomic E-state index is 0.0161. The second-order valence-electron chi connectivity index (χ2n) is 4.70. The van der Waals surface area contributed by atoms with Gasteiger partial charge in [-0.25, -0.2) is 0 Å². The maximum Gasteiger partial charge on any atom is 0.273 e. The van der Waals surface area contributed by atoms with E-state index in [0.29, 0.717) is 11.1 Å². The molecule has 0 aromatic heterocycles. The molecule has 2 rings (SSSR count). The fourth-order valence-corrected chi connectivity index (χ4v) is 2.19. The van der Waals surface area contributed by atoms with Crippen LogP contribution in [0.4, 0.5) is 5.69 Å². The highest BCUT2D eigenvalue weighted by atomic mass is 16.6. The van der Waals surface area contributed by atoms with Gasteiger partial charge < -0.3 is 15.5 Å². The lowest BCUT2D eigenvalue weighted by molar-refractivity contribution is -0.385. The Morgan fingerprint density at radius 3 is 2.38 bits per heavy atom. The number of nitro groups is 1. The van der Waals surface area contributed by atoms with Gasteiger partial charge in [0.05, 0.1) is 10.5 Å². The minimum atomic E-state index is -0.431. The Balaban J connectivity index is 2.15. The molecule has 3 N–H and O–H groups in total. The molecular formula is C15H16N2O4. The molecule has 1 unspecified atom stereocenters. The van der Waals surface area contributed by atoms with Crippen LogP contribution in [-0.2, 0) is 6.54 Å². The molecule has 0 amide bonds. The molecule has 21 heavy (non-hydrogen) atoms. The molecule has 0 aliphatic rings. The van der Waals surface area contributed by atoms with Crippen molar-refractivity contribution in [2.24, 2.45) is 0 Å². The van der Waals surface area contributed by atoms with E-state index in [9.17, 15) is 20.3 Å². The zero-order valence-electron chi connectivity index (χ0n) is 11.5. The molecule has 0 heterocycles. The largest absolute Gasteiger partial charge is 0.507 e. The van der Waals surface area contributed by atoms with Crippen LogP contribution in [0, 0.1) is 10.1 Å². The van der Waals surface area contributed by atoms with Crippen LogP contribution in [0.5, 0.6) is 11.5 Å². The lowest BCUT2D eigenvalue weighted by Gasteiger charge is -2.17. The van der Waals surface area contributed by atoms with Crippen LogP contribution >= 0.6 is 0 Å². The van der Waals surface area contributed by atoms with Gasteiger partial charge in [0.1, 0.15) is 11.5 Å². The third-order valence-electron chi connectivity index (χ3n) is 3.28. The smallest absolute Gasteiger partial charge is 0.273 e. The quantitative estimate of drug-likeness (QED) is 0.580. The molecule has 0 saturated carbocycles. The number of phenols is 2. The lowest BCUT2D eigenvalue weighted by Crippen LogP contribution is -2.19.